The molecule has 0 amide bonds. The Morgan fingerprint density at radius 2 is 2.04 bits per heavy atom. The van der Waals surface area contributed by atoms with E-state index in [2.05, 4.69) is 25.1 Å². The molecule has 0 radical (unpaired) electrons. The van der Waals surface area contributed by atoms with Gasteiger partial charge in [0.05, 0.1) is 23.3 Å². The van der Waals surface area contributed by atoms with Crippen molar-refractivity contribution < 1.29 is 0 Å². The van der Waals surface area contributed by atoms with Crippen LogP contribution in [-0.4, -0.2) is 36.1 Å². The molecule has 0 N–H and O–H groups in total. The summed E-state index contributed by atoms with van der Waals surface area (Å²) in [6.45, 7) is 2.95. The molecule has 0 saturated carbocycles. The third kappa shape index (κ3) is 2.10. The molecule has 4 rings (SSSR count). The Labute approximate surface area is 138 Å². The van der Waals surface area contributed by atoms with Crippen molar-refractivity contribution in [3.8, 4) is 0 Å². The van der Waals surface area contributed by atoms with Gasteiger partial charge in [-0.25, -0.2) is 9.97 Å². The number of aromatic nitrogens is 6. The SMILES string of the molecule is Cc1nn(C)c(Cl)c1[C@@H]1CCCN1c1ncnc2c1cnn2C. The molecule has 0 spiro atoms. The molecule has 3 aromatic rings. The average Bonchev–Trinajstić information content (AvgIpc) is 3.20. The summed E-state index contributed by atoms with van der Waals surface area (Å²) in [5.41, 5.74) is 2.92. The van der Waals surface area contributed by atoms with Crippen molar-refractivity contribution in [3.63, 3.8) is 0 Å². The topological polar surface area (TPSA) is 64.7 Å². The second kappa shape index (κ2) is 5.19. The van der Waals surface area contributed by atoms with Gasteiger partial charge in [-0.1, -0.05) is 11.6 Å². The van der Waals surface area contributed by atoms with Gasteiger partial charge in [-0.2, -0.15) is 10.2 Å². The highest BCUT2D eigenvalue weighted by Gasteiger charge is 2.33. The predicted octanol–water partition coefficient (Wildman–Crippen LogP) is 2.40. The number of anilines is 1. The van der Waals surface area contributed by atoms with E-state index in [4.69, 9.17) is 11.6 Å². The summed E-state index contributed by atoms with van der Waals surface area (Å²) in [6, 6.07) is 0.189. The molecule has 1 fully saturated rings. The minimum absolute atomic E-state index is 0.189. The third-order valence-electron chi connectivity index (χ3n) is 4.56. The fourth-order valence-corrected chi connectivity index (χ4v) is 3.82. The van der Waals surface area contributed by atoms with Gasteiger partial charge in [0.1, 0.15) is 17.3 Å². The molecular formula is C15H18ClN7. The van der Waals surface area contributed by atoms with Gasteiger partial charge in [0, 0.05) is 26.2 Å². The summed E-state index contributed by atoms with van der Waals surface area (Å²) in [5, 5.41) is 10.4. The van der Waals surface area contributed by atoms with E-state index in [1.807, 2.05) is 27.2 Å². The molecule has 0 aliphatic carbocycles. The molecule has 0 unspecified atom stereocenters. The van der Waals surface area contributed by atoms with Gasteiger partial charge in [-0.15, -0.1) is 0 Å². The van der Waals surface area contributed by atoms with Crippen LogP contribution in [0.15, 0.2) is 12.5 Å². The molecule has 4 heterocycles. The molecule has 0 bridgehead atoms. The van der Waals surface area contributed by atoms with Crippen LogP contribution in [0.25, 0.3) is 11.0 Å². The number of hydrogen-bond donors (Lipinski definition) is 0. The van der Waals surface area contributed by atoms with Crippen LogP contribution in [0.2, 0.25) is 5.15 Å². The van der Waals surface area contributed by atoms with Crippen molar-refractivity contribution in [1.82, 2.24) is 29.5 Å². The van der Waals surface area contributed by atoms with Crippen LogP contribution in [-0.2, 0) is 14.1 Å². The van der Waals surface area contributed by atoms with Gasteiger partial charge in [-0.05, 0) is 19.8 Å². The van der Waals surface area contributed by atoms with E-state index in [1.54, 1.807) is 15.7 Å². The zero-order valence-corrected chi connectivity index (χ0v) is 14.1. The van der Waals surface area contributed by atoms with E-state index in [9.17, 15) is 0 Å². The standard InChI is InChI=1S/C15H18ClN7/c1-9-12(13(16)21(2)20-9)11-5-4-6-23(11)15-10-7-19-22(3)14(10)17-8-18-15/h7-8,11H,4-6H2,1-3H3/t11-/m0/s1. The van der Waals surface area contributed by atoms with Crippen LogP contribution >= 0.6 is 11.6 Å². The van der Waals surface area contributed by atoms with E-state index in [-0.39, 0.29) is 6.04 Å². The Morgan fingerprint density at radius 3 is 2.78 bits per heavy atom. The molecule has 23 heavy (non-hydrogen) atoms. The van der Waals surface area contributed by atoms with Gasteiger partial charge >= 0.3 is 0 Å². The maximum absolute atomic E-state index is 6.49. The number of hydrogen-bond acceptors (Lipinski definition) is 5. The Kier molecular flexibility index (Phi) is 3.26. The van der Waals surface area contributed by atoms with Crippen molar-refractivity contribution in [1.29, 1.82) is 0 Å². The van der Waals surface area contributed by atoms with Crippen molar-refractivity contribution in [2.75, 3.05) is 11.4 Å². The zero-order valence-electron chi connectivity index (χ0n) is 13.4. The molecule has 7 nitrogen and oxygen atoms in total. The number of nitrogens with zero attached hydrogens (tertiary/aromatic N) is 7. The molecule has 1 aliphatic heterocycles. The minimum Gasteiger partial charge on any atom is -0.349 e. The van der Waals surface area contributed by atoms with Crippen LogP contribution in [0.1, 0.15) is 30.1 Å². The molecule has 1 saturated heterocycles. The van der Waals surface area contributed by atoms with E-state index in [1.165, 1.54) is 0 Å². The van der Waals surface area contributed by atoms with Crippen molar-refractivity contribution >= 4 is 28.5 Å². The zero-order chi connectivity index (χ0) is 16.1. The highest BCUT2D eigenvalue weighted by molar-refractivity contribution is 6.30. The predicted molar refractivity (Wildman–Crippen MR) is 88.6 cm³/mol. The quantitative estimate of drug-likeness (QED) is 0.721. The number of halogens is 1. The maximum Gasteiger partial charge on any atom is 0.163 e. The highest BCUT2D eigenvalue weighted by Crippen LogP contribution is 2.41. The van der Waals surface area contributed by atoms with E-state index < -0.39 is 0 Å². The lowest BCUT2D eigenvalue weighted by atomic mass is 10.1. The number of rotatable bonds is 2. The first-order valence-corrected chi connectivity index (χ1v) is 8.04. The second-order valence-electron chi connectivity index (χ2n) is 5.97. The Morgan fingerprint density at radius 1 is 1.22 bits per heavy atom. The normalized spacial score (nSPS) is 18.3. The molecular weight excluding hydrogens is 314 g/mol. The van der Waals surface area contributed by atoms with Gasteiger partial charge < -0.3 is 4.90 Å². The van der Waals surface area contributed by atoms with Crippen molar-refractivity contribution in [2.45, 2.75) is 25.8 Å². The highest BCUT2D eigenvalue weighted by atomic mass is 35.5. The van der Waals surface area contributed by atoms with E-state index in [0.717, 1.165) is 47.5 Å². The molecule has 1 aliphatic rings. The van der Waals surface area contributed by atoms with Gasteiger partial charge in [0.25, 0.3) is 0 Å². The second-order valence-corrected chi connectivity index (χ2v) is 6.33. The van der Waals surface area contributed by atoms with Crippen LogP contribution in [0.4, 0.5) is 5.82 Å². The first-order valence-electron chi connectivity index (χ1n) is 7.66. The summed E-state index contributed by atoms with van der Waals surface area (Å²) in [4.78, 5) is 11.2. The maximum atomic E-state index is 6.49. The van der Waals surface area contributed by atoms with Crippen LogP contribution in [0.5, 0.6) is 0 Å². The fraction of sp³-hybridized carbons (Fsp3) is 0.467. The Hall–Kier alpha value is -2.15. The summed E-state index contributed by atoms with van der Waals surface area (Å²) >= 11 is 6.49. The van der Waals surface area contributed by atoms with Gasteiger partial charge in [0.2, 0.25) is 0 Å². The smallest absolute Gasteiger partial charge is 0.163 e. The van der Waals surface area contributed by atoms with Gasteiger partial charge in [-0.3, -0.25) is 9.36 Å². The fourth-order valence-electron chi connectivity index (χ4n) is 3.52. The van der Waals surface area contributed by atoms with Crippen LogP contribution in [0.3, 0.4) is 0 Å². The van der Waals surface area contributed by atoms with Gasteiger partial charge in [0.15, 0.2) is 5.65 Å². The molecule has 8 heteroatoms. The first kappa shape index (κ1) is 14.4. The average molecular weight is 332 g/mol. The summed E-state index contributed by atoms with van der Waals surface area (Å²) in [7, 11) is 3.77. The summed E-state index contributed by atoms with van der Waals surface area (Å²) < 4.78 is 3.51. The number of aryl methyl sites for hydroxylation is 3. The third-order valence-corrected chi connectivity index (χ3v) is 5.01. The lowest BCUT2D eigenvalue weighted by Crippen LogP contribution is -2.24. The largest absolute Gasteiger partial charge is 0.349 e. The first-order chi connectivity index (χ1) is 11.1. The van der Waals surface area contributed by atoms with Crippen LogP contribution in [0, 0.1) is 6.92 Å². The molecule has 3 aromatic heterocycles. The molecule has 120 valence electrons. The monoisotopic (exact) mass is 331 g/mol. The Balaban J connectivity index is 1.84. The lowest BCUT2D eigenvalue weighted by molar-refractivity contribution is 0.707. The van der Waals surface area contributed by atoms with E-state index in [0.29, 0.717) is 5.15 Å². The molecule has 1 atom stereocenters. The summed E-state index contributed by atoms with van der Waals surface area (Å²) in [5.74, 6) is 0.921. The molecule has 0 aromatic carbocycles. The van der Waals surface area contributed by atoms with Crippen LogP contribution < -0.4 is 4.90 Å². The van der Waals surface area contributed by atoms with Crippen molar-refractivity contribution in [2.24, 2.45) is 14.1 Å². The van der Waals surface area contributed by atoms with E-state index >= 15 is 0 Å². The summed E-state index contributed by atoms with van der Waals surface area (Å²) in [6.07, 6.45) is 5.57. The number of fused-ring (bicyclic) bond motifs is 1. The Bertz CT molecular complexity index is 881. The lowest BCUT2D eigenvalue weighted by Gasteiger charge is -2.26. The van der Waals surface area contributed by atoms with Crippen molar-refractivity contribution in [3.05, 3.63) is 28.9 Å². The minimum atomic E-state index is 0.189.